The van der Waals surface area contributed by atoms with Gasteiger partial charge in [0.05, 0.1) is 17.5 Å². The Morgan fingerprint density at radius 1 is 1.28 bits per heavy atom. The number of nitrogens with zero attached hydrogens (tertiary/aromatic N) is 1. The summed E-state index contributed by atoms with van der Waals surface area (Å²) in [4.78, 5) is 49.6. The first-order valence-electron chi connectivity index (χ1n) is 9.05. The number of anilines is 1. The number of likely N-dealkylation sites (tertiary alicyclic amines) is 1. The van der Waals surface area contributed by atoms with Crippen LogP contribution in [-0.2, 0) is 19.1 Å². The molecule has 2 aromatic rings. The molecule has 0 aliphatic carbocycles. The van der Waals surface area contributed by atoms with E-state index in [1.165, 1.54) is 6.07 Å². The van der Waals surface area contributed by atoms with Crippen molar-refractivity contribution < 1.29 is 23.9 Å². The van der Waals surface area contributed by atoms with Crippen molar-refractivity contribution in [2.75, 3.05) is 18.5 Å². The minimum Gasteiger partial charge on any atom is -0.455 e. The zero-order valence-electron chi connectivity index (χ0n) is 15.8. The second kappa shape index (κ2) is 8.87. The highest BCUT2D eigenvalue weighted by atomic mass is 32.1. The van der Waals surface area contributed by atoms with Gasteiger partial charge in [0.1, 0.15) is 5.00 Å². The average molecular weight is 415 g/mol. The minimum absolute atomic E-state index is 0.0500. The standard InChI is InChI=1S/C20H21N3O5S/c1-12(13-5-3-2-4-6-13)23-10-14(9-17(23)25)20(27)28-11-16(24)22-19-15(18(21)26)7-8-29-19/h2-8,12,14H,9-11H2,1H3,(H2,21,26)(H,22,24)/t12-,14-/m0/s1. The van der Waals surface area contributed by atoms with Gasteiger partial charge in [-0.2, -0.15) is 0 Å². The number of rotatable bonds is 7. The topological polar surface area (TPSA) is 119 Å². The van der Waals surface area contributed by atoms with Crippen molar-refractivity contribution in [3.8, 4) is 0 Å². The number of amides is 3. The van der Waals surface area contributed by atoms with E-state index in [1.54, 1.807) is 10.3 Å². The lowest BCUT2D eigenvalue weighted by molar-refractivity contribution is -0.151. The predicted molar refractivity (Wildman–Crippen MR) is 107 cm³/mol. The van der Waals surface area contributed by atoms with E-state index in [9.17, 15) is 19.2 Å². The molecule has 1 aromatic carbocycles. The summed E-state index contributed by atoms with van der Waals surface area (Å²) in [6.45, 7) is 1.64. The van der Waals surface area contributed by atoms with Crippen LogP contribution < -0.4 is 11.1 Å². The van der Waals surface area contributed by atoms with E-state index in [2.05, 4.69) is 5.32 Å². The summed E-state index contributed by atoms with van der Waals surface area (Å²) in [5, 5.41) is 4.42. The molecule has 1 aliphatic rings. The summed E-state index contributed by atoms with van der Waals surface area (Å²) in [6, 6.07) is 10.9. The number of carbonyl (C=O) groups is 4. The Labute approximate surface area is 171 Å². The van der Waals surface area contributed by atoms with Gasteiger partial charge < -0.3 is 20.7 Å². The first-order chi connectivity index (χ1) is 13.9. The van der Waals surface area contributed by atoms with Crippen LogP contribution in [0.25, 0.3) is 0 Å². The molecule has 1 saturated heterocycles. The molecule has 1 fully saturated rings. The van der Waals surface area contributed by atoms with E-state index in [0.29, 0.717) is 5.00 Å². The Hall–Kier alpha value is -3.20. The second-order valence-electron chi connectivity index (χ2n) is 6.72. The van der Waals surface area contributed by atoms with Gasteiger partial charge in [-0.05, 0) is 23.9 Å². The molecule has 0 saturated carbocycles. The SMILES string of the molecule is C[C@@H](c1ccccc1)N1C[C@@H](C(=O)OCC(=O)Nc2sccc2C(N)=O)CC1=O. The average Bonchev–Trinajstić information content (AvgIpc) is 3.33. The number of hydrogen-bond donors (Lipinski definition) is 2. The zero-order valence-corrected chi connectivity index (χ0v) is 16.6. The van der Waals surface area contributed by atoms with Crippen LogP contribution in [0, 0.1) is 5.92 Å². The van der Waals surface area contributed by atoms with Crippen LogP contribution in [0.15, 0.2) is 41.8 Å². The van der Waals surface area contributed by atoms with Crippen molar-refractivity contribution in [3.63, 3.8) is 0 Å². The molecular weight excluding hydrogens is 394 g/mol. The van der Waals surface area contributed by atoms with Crippen molar-refractivity contribution in [2.45, 2.75) is 19.4 Å². The van der Waals surface area contributed by atoms with Crippen molar-refractivity contribution in [2.24, 2.45) is 11.7 Å². The lowest BCUT2D eigenvalue weighted by Gasteiger charge is -2.25. The second-order valence-corrected chi connectivity index (χ2v) is 7.63. The fraction of sp³-hybridized carbons (Fsp3) is 0.300. The van der Waals surface area contributed by atoms with Crippen molar-refractivity contribution in [1.82, 2.24) is 4.90 Å². The monoisotopic (exact) mass is 415 g/mol. The molecule has 1 aromatic heterocycles. The molecule has 3 rings (SSSR count). The van der Waals surface area contributed by atoms with Gasteiger partial charge in [-0.3, -0.25) is 19.2 Å². The summed E-state index contributed by atoms with van der Waals surface area (Å²) in [6.07, 6.45) is 0.0500. The van der Waals surface area contributed by atoms with Crippen LogP contribution >= 0.6 is 11.3 Å². The molecule has 3 amide bonds. The lowest BCUT2D eigenvalue weighted by atomic mass is 10.1. The third-order valence-electron chi connectivity index (χ3n) is 4.77. The molecule has 8 nitrogen and oxygen atoms in total. The van der Waals surface area contributed by atoms with Gasteiger partial charge in [-0.1, -0.05) is 30.3 Å². The Morgan fingerprint density at radius 3 is 2.69 bits per heavy atom. The van der Waals surface area contributed by atoms with E-state index in [4.69, 9.17) is 10.5 Å². The van der Waals surface area contributed by atoms with Crippen LogP contribution in [0.4, 0.5) is 5.00 Å². The van der Waals surface area contributed by atoms with Crippen molar-refractivity contribution >= 4 is 40.0 Å². The van der Waals surface area contributed by atoms with E-state index < -0.39 is 30.3 Å². The lowest BCUT2D eigenvalue weighted by Crippen LogP contribution is -2.30. The fourth-order valence-electron chi connectivity index (χ4n) is 3.19. The summed E-state index contributed by atoms with van der Waals surface area (Å²) in [7, 11) is 0. The van der Waals surface area contributed by atoms with E-state index in [1.807, 2.05) is 37.3 Å². The number of thiophene rings is 1. The van der Waals surface area contributed by atoms with Crippen molar-refractivity contribution in [3.05, 3.63) is 52.9 Å². The fourth-order valence-corrected chi connectivity index (χ4v) is 4.00. The zero-order chi connectivity index (χ0) is 21.0. The number of ether oxygens (including phenoxy) is 1. The number of nitrogens with one attached hydrogen (secondary N) is 1. The highest BCUT2D eigenvalue weighted by Crippen LogP contribution is 2.29. The minimum atomic E-state index is -0.657. The Bertz CT molecular complexity index is 927. The third-order valence-corrected chi connectivity index (χ3v) is 5.60. The molecule has 0 unspecified atom stereocenters. The molecule has 2 atom stereocenters. The largest absolute Gasteiger partial charge is 0.455 e. The number of hydrogen-bond acceptors (Lipinski definition) is 6. The quantitative estimate of drug-likeness (QED) is 0.670. The van der Waals surface area contributed by atoms with Crippen molar-refractivity contribution in [1.29, 1.82) is 0 Å². The van der Waals surface area contributed by atoms with Crippen LogP contribution in [0.3, 0.4) is 0 Å². The van der Waals surface area contributed by atoms with Gasteiger partial charge in [0.25, 0.3) is 11.8 Å². The Kier molecular flexibility index (Phi) is 6.28. The molecule has 0 radical (unpaired) electrons. The van der Waals surface area contributed by atoms with Crippen LogP contribution in [0.1, 0.15) is 35.3 Å². The number of esters is 1. The molecule has 0 spiro atoms. The highest BCUT2D eigenvalue weighted by molar-refractivity contribution is 7.14. The smallest absolute Gasteiger partial charge is 0.311 e. The molecule has 0 bridgehead atoms. The van der Waals surface area contributed by atoms with E-state index >= 15 is 0 Å². The Balaban J connectivity index is 1.52. The first-order valence-corrected chi connectivity index (χ1v) is 9.93. The van der Waals surface area contributed by atoms with Gasteiger partial charge in [0, 0.05) is 13.0 Å². The number of carbonyl (C=O) groups excluding carboxylic acids is 4. The molecule has 1 aliphatic heterocycles. The maximum absolute atomic E-state index is 12.4. The molecule has 3 N–H and O–H groups in total. The normalized spacial score (nSPS) is 17.1. The predicted octanol–water partition coefficient (Wildman–Crippen LogP) is 1.94. The van der Waals surface area contributed by atoms with Gasteiger partial charge in [0.15, 0.2) is 6.61 Å². The molecule has 29 heavy (non-hydrogen) atoms. The number of nitrogens with two attached hydrogens (primary N) is 1. The molecular formula is C20H21N3O5S. The van der Waals surface area contributed by atoms with Gasteiger partial charge in [-0.25, -0.2) is 0 Å². The van der Waals surface area contributed by atoms with E-state index in [-0.39, 0.29) is 30.5 Å². The van der Waals surface area contributed by atoms with Crippen LogP contribution in [0.2, 0.25) is 0 Å². The van der Waals surface area contributed by atoms with Crippen LogP contribution in [-0.4, -0.2) is 41.7 Å². The van der Waals surface area contributed by atoms with E-state index in [0.717, 1.165) is 16.9 Å². The highest BCUT2D eigenvalue weighted by Gasteiger charge is 2.38. The van der Waals surface area contributed by atoms with Gasteiger partial charge >= 0.3 is 5.97 Å². The number of benzene rings is 1. The summed E-state index contributed by atoms with van der Waals surface area (Å²) < 4.78 is 5.08. The van der Waals surface area contributed by atoms with Gasteiger partial charge in [-0.15, -0.1) is 11.3 Å². The summed E-state index contributed by atoms with van der Waals surface area (Å²) in [5.74, 6) is -2.59. The Morgan fingerprint density at radius 2 is 2.00 bits per heavy atom. The molecule has 152 valence electrons. The molecule has 9 heteroatoms. The summed E-state index contributed by atoms with van der Waals surface area (Å²) in [5.41, 5.74) is 6.40. The van der Waals surface area contributed by atoms with Crippen LogP contribution in [0.5, 0.6) is 0 Å². The first kappa shape index (κ1) is 20.5. The molecule has 2 heterocycles. The summed E-state index contributed by atoms with van der Waals surface area (Å²) >= 11 is 1.14. The van der Waals surface area contributed by atoms with Gasteiger partial charge in [0.2, 0.25) is 5.91 Å². The number of primary amides is 1. The third kappa shape index (κ3) is 4.80. The maximum Gasteiger partial charge on any atom is 0.311 e. The maximum atomic E-state index is 12.4.